The first-order valence-electron chi connectivity index (χ1n) is 38.8. The maximum absolute atomic E-state index is 13.1. The van der Waals surface area contributed by atoms with E-state index in [1.165, 1.54) is 161 Å². The molecule has 0 spiro atoms. The van der Waals surface area contributed by atoms with Gasteiger partial charge in [0.05, 0.1) is 26.4 Å². The van der Waals surface area contributed by atoms with Gasteiger partial charge in [-0.3, -0.25) is 37.3 Å². The van der Waals surface area contributed by atoms with Crippen molar-refractivity contribution in [2.24, 2.45) is 11.8 Å². The van der Waals surface area contributed by atoms with Crippen LogP contribution in [-0.4, -0.2) is 96.7 Å². The maximum Gasteiger partial charge on any atom is 0.472 e. The Bertz CT molecular complexity index is 1930. The highest BCUT2D eigenvalue weighted by molar-refractivity contribution is 7.47. The molecule has 95 heavy (non-hydrogen) atoms. The van der Waals surface area contributed by atoms with Crippen LogP contribution in [0, 0.1) is 11.8 Å². The van der Waals surface area contributed by atoms with Gasteiger partial charge in [0.2, 0.25) is 0 Å². The lowest BCUT2D eigenvalue weighted by Gasteiger charge is -2.21. The van der Waals surface area contributed by atoms with Crippen LogP contribution in [-0.2, 0) is 65.4 Å². The number of hydrogen-bond donors (Lipinski definition) is 3. The highest BCUT2D eigenvalue weighted by atomic mass is 31.2. The Kier molecular flexibility index (Phi) is 65.6. The van der Waals surface area contributed by atoms with Crippen molar-refractivity contribution in [1.29, 1.82) is 0 Å². The third-order valence-electron chi connectivity index (χ3n) is 17.4. The molecule has 0 fully saturated rings. The van der Waals surface area contributed by atoms with Crippen LogP contribution < -0.4 is 0 Å². The van der Waals surface area contributed by atoms with Gasteiger partial charge in [-0.2, -0.15) is 0 Å². The number of unbranched alkanes of at least 4 members (excludes halogenated alkanes) is 39. The molecule has 0 aromatic rings. The van der Waals surface area contributed by atoms with E-state index in [1.807, 2.05) is 0 Å². The van der Waals surface area contributed by atoms with Crippen molar-refractivity contribution in [2.45, 2.75) is 387 Å². The van der Waals surface area contributed by atoms with Crippen molar-refractivity contribution >= 4 is 39.5 Å². The molecule has 0 saturated heterocycles. The molecule has 0 saturated carbocycles. The molecule has 19 heteroatoms. The Morgan fingerprint density at radius 1 is 0.347 bits per heavy atom. The van der Waals surface area contributed by atoms with Crippen molar-refractivity contribution in [1.82, 2.24) is 0 Å². The van der Waals surface area contributed by atoms with Crippen LogP contribution in [0.2, 0.25) is 0 Å². The summed E-state index contributed by atoms with van der Waals surface area (Å²) in [7, 11) is -9.92. The predicted molar refractivity (Wildman–Crippen MR) is 386 cm³/mol. The molecule has 0 aromatic heterocycles. The topological polar surface area (TPSA) is 237 Å². The fourth-order valence-electron chi connectivity index (χ4n) is 11.1. The number of aliphatic hydroxyl groups is 1. The Balaban J connectivity index is 5.28. The summed E-state index contributed by atoms with van der Waals surface area (Å²) in [5, 5.41) is 10.6. The molecule has 17 nitrogen and oxygen atoms in total. The molecule has 560 valence electrons. The van der Waals surface area contributed by atoms with Crippen molar-refractivity contribution in [3.05, 3.63) is 24.3 Å². The minimum atomic E-state index is -4.96. The molecule has 0 aliphatic rings. The standard InChI is InChI=1S/C76H144O17P2/c1-7-10-12-14-16-18-20-22-24-28-32-35-39-46-52-58-73(78)86-64-71(92-76(81)61-55-49-41-37-33-29-26-23-25-27-30-34-38-44-50-56-68(4)5)66-90-94(82,83)88-62-70(77)63-89-95(84,85)91-67-72(65-87-74(79)59-53-47-43-42-45-51-57-69(6)9-3)93-75(80)60-54-48-40-36-31-21-19-17-15-13-11-8-2/h18,20,22,24,68-72,77H,7-17,19,21,23,25-67H2,1-6H3,(H,82,83)(H,84,85)/b20-18-,24-22-/t69?,70-,71-,72-/m1/s1. The quantitative estimate of drug-likeness (QED) is 0.0169. The highest BCUT2D eigenvalue weighted by Crippen LogP contribution is 2.45. The smallest absolute Gasteiger partial charge is 0.462 e. The van der Waals surface area contributed by atoms with E-state index >= 15 is 0 Å². The number of phosphoric acid groups is 2. The lowest BCUT2D eigenvalue weighted by Crippen LogP contribution is -2.30. The van der Waals surface area contributed by atoms with Gasteiger partial charge in [0.25, 0.3) is 0 Å². The summed E-state index contributed by atoms with van der Waals surface area (Å²) in [4.78, 5) is 72.8. The Labute approximate surface area is 580 Å². The molecule has 0 amide bonds. The van der Waals surface area contributed by atoms with E-state index in [-0.39, 0.29) is 25.7 Å². The molecule has 0 heterocycles. The lowest BCUT2D eigenvalue weighted by atomic mass is 10.00. The number of esters is 4. The van der Waals surface area contributed by atoms with E-state index in [2.05, 4.69) is 65.8 Å². The van der Waals surface area contributed by atoms with E-state index < -0.39 is 97.5 Å². The van der Waals surface area contributed by atoms with Crippen molar-refractivity contribution < 1.29 is 80.2 Å². The summed E-state index contributed by atoms with van der Waals surface area (Å²) in [6, 6.07) is 0. The molecule has 0 aliphatic heterocycles. The summed E-state index contributed by atoms with van der Waals surface area (Å²) < 4.78 is 68.5. The number of carbonyl (C=O) groups is 4. The molecule has 0 aromatic carbocycles. The fourth-order valence-corrected chi connectivity index (χ4v) is 12.7. The number of carbonyl (C=O) groups excluding carboxylic acids is 4. The van der Waals surface area contributed by atoms with Crippen LogP contribution >= 0.6 is 15.6 Å². The average molecular weight is 1390 g/mol. The van der Waals surface area contributed by atoms with Crippen LogP contribution in [0.1, 0.15) is 369 Å². The zero-order chi connectivity index (χ0) is 70.0. The fraction of sp³-hybridized carbons (Fsp3) is 0.895. The Morgan fingerprint density at radius 3 is 0.947 bits per heavy atom. The lowest BCUT2D eigenvalue weighted by molar-refractivity contribution is -0.161. The molecular weight excluding hydrogens is 1250 g/mol. The summed E-state index contributed by atoms with van der Waals surface area (Å²) >= 11 is 0. The first kappa shape index (κ1) is 92.5. The van der Waals surface area contributed by atoms with Gasteiger partial charge >= 0.3 is 39.5 Å². The van der Waals surface area contributed by atoms with Crippen LogP contribution in [0.4, 0.5) is 0 Å². The monoisotopic (exact) mass is 1390 g/mol. The average Bonchev–Trinajstić information content (AvgIpc) is 1.60. The first-order valence-corrected chi connectivity index (χ1v) is 41.8. The largest absolute Gasteiger partial charge is 0.472 e. The molecule has 3 N–H and O–H groups in total. The molecule has 0 bridgehead atoms. The van der Waals surface area contributed by atoms with Gasteiger partial charge in [-0.25, -0.2) is 9.13 Å². The van der Waals surface area contributed by atoms with Gasteiger partial charge in [-0.15, -0.1) is 0 Å². The number of allylic oxidation sites excluding steroid dienone is 4. The van der Waals surface area contributed by atoms with Crippen LogP contribution in [0.3, 0.4) is 0 Å². The summed E-state index contributed by atoms with van der Waals surface area (Å²) in [5.74, 6) is -0.616. The number of phosphoric ester groups is 2. The normalized spacial score (nSPS) is 14.5. The van der Waals surface area contributed by atoms with Crippen molar-refractivity contribution in [3.8, 4) is 0 Å². The molecule has 0 aliphatic carbocycles. The van der Waals surface area contributed by atoms with Gasteiger partial charge in [0.1, 0.15) is 19.3 Å². The third kappa shape index (κ3) is 68.5. The predicted octanol–water partition coefficient (Wildman–Crippen LogP) is 21.9. The van der Waals surface area contributed by atoms with Gasteiger partial charge in [-0.05, 0) is 63.2 Å². The zero-order valence-electron chi connectivity index (χ0n) is 61.5. The molecule has 3 unspecified atom stereocenters. The van der Waals surface area contributed by atoms with Crippen molar-refractivity contribution in [3.63, 3.8) is 0 Å². The van der Waals surface area contributed by atoms with E-state index in [1.54, 1.807) is 0 Å². The second-order valence-corrected chi connectivity index (χ2v) is 30.3. The number of ether oxygens (including phenoxy) is 4. The number of rotatable bonds is 73. The second kappa shape index (κ2) is 67.4. The highest BCUT2D eigenvalue weighted by Gasteiger charge is 2.30. The number of hydrogen-bond acceptors (Lipinski definition) is 15. The first-order chi connectivity index (χ1) is 45.9. The number of aliphatic hydroxyl groups excluding tert-OH is 1. The minimum absolute atomic E-state index is 0.101. The van der Waals surface area contributed by atoms with Gasteiger partial charge in [0.15, 0.2) is 12.2 Å². The Morgan fingerprint density at radius 2 is 0.621 bits per heavy atom. The summed E-state index contributed by atoms with van der Waals surface area (Å²) in [5.41, 5.74) is 0. The maximum atomic E-state index is 13.1. The molecule has 0 rings (SSSR count). The van der Waals surface area contributed by atoms with Crippen LogP contribution in [0.5, 0.6) is 0 Å². The van der Waals surface area contributed by atoms with Crippen LogP contribution in [0.25, 0.3) is 0 Å². The SMILES string of the molecule is CCCCCC/C=C\C=C/CCCCCCCC(=O)OC[C@H](COP(=O)(O)OC[C@@H](O)COP(=O)(O)OC[C@@H](COC(=O)CCCCCCCCC(C)CC)OC(=O)CCCCCCCCCCCCCC)OC(=O)CCCCCCCCCCCCCCCCCC(C)C. The van der Waals surface area contributed by atoms with Crippen LogP contribution in [0.15, 0.2) is 24.3 Å². The van der Waals surface area contributed by atoms with E-state index in [0.717, 1.165) is 127 Å². The molecule has 0 radical (unpaired) electrons. The zero-order valence-corrected chi connectivity index (χ0v) is 63.2. The molecular formula is C76H144O17P2. The van der Waals surface area contributed by atoms with E-state index in [4.69, 9.17) is 37.0 Å². The van der Waals surface area contributed by atoms with E-state index in [0.29, 0.717) is 25.7 Å². The minimum Gasteiger partial charge on any atom is -0.462 e. The second-order valence-electron chi connectivity index (χ2n) is 27.4. The Hall–Kier alpha value is -2.46. The van der Waals surface area contributed by atoms with Gasteiger partial charge in [0, 0.05) is 25.7 Å². The summed E-state index contributed by atoms with van der Waals surface area (Å²) in [6.07, 6.45) is 57.6. The van der Waals surface area contributed by atoms with E-state index in [9.17, 15) is 43.2 Å². The van der Waals surface area contributed by atoms with Gasteiger partial charge < -0.3 is 33.8 Å². The van der Waals surface area contributed by atoms with Gasteiger partial charge in [-0.1, -0.05) is 316 Å². The third-order valence-corrected chi connectivity index (χ3v) is 19.3. The molecule has 6 atom stereocenters. The van der Waals surface area contributed by atoms with Crippen molar-refractivity contribution in [2.75, 3.05) is 39.6 Å². The summed E-state index contributed by atoms with van der Waals surface area (Å²) in [6.45, 7) is 9.51.